The van der Waals surface area contributed by atoms with Crippen LogP contribution in [0, 0.1) is 0 Å². The summed E-state index contributed by atoms with van der Waals surface area (Å²) in [6, 6.07) is -0.390. The van der Waals surface area contributed by atoms with E-state index in [9.17, 15) is 9.59 Å². The van der Waals surface area contributed by atoms with E-state index >= 15 is 0 Å². The number of rotatable bonds is 3. The van der Waals surface area contributed by atoms with E-state index in [4.69, 9.17) is 12.2 Å². The van der Waals surface area contributed by atoms with E-state index < -0.39 is 0 Å². The van der Waals surface area contributed by atoms with Gasteiger partial charge in [0.05, 0.1) is 0 Å². The van der Waals surface area contributed by atoms with Crippen LogP contribution in [0.4, 0.5) is 0 Å². The third-order valence-corrected chi connectivity index (χ3v) is 2.87. The first-order chi connectivity index (χ1) is 7.56. The summed E-state index contributed by atoms with van der Waals surface area (Å²) in [6.07, 6.45) is 2.09. The Morgan fingerprint density at radius 3 is 2.94 bits per heavy atom. The maximum atomic E-state index is 11.4. The lowest BCUT2D eigenvalue weighted by atomic mass is 10.2. The van der Waals surface area contributed by atoms with Gasteiger partial charge in [-0.2, -0.15) is 0 Å². The first kappa shape index (κ1) is 12.9. The summed E-state index contributed by atoms with van der Waals surface area (Å²) >= 11 is 5.15. The van der Waals surface area contributed by atoms with Crippen LogP contribution in [0.3, 0.4) is 0 Å². The van der Waals surface area contributed by atoms with Crippen LogP contribution in [0.1, 0.15) is 26.7 Å². The molecule has 0 saturated carbocycles. The first-order valence-electron chi connectivity index (χ1n) is 5.44. The van der Waals surface area contributed by atoms with Crippen molar-refractivity contribution in [2.24, 2.45) is 0 Å². The van der Waals surface area contributed by atoms with Gasteiger partial charge in [-0.25, -0.2) is 0 Å². The maximum Gasteiger partial charge on any atom is 0.249 e. The molecule has 1 rings (SSSR count). The van der Waals surface area contributed by atoms with Gasteiger partial charge in [0.2, 0.25) is 11.8 Å². The number of nitrogens with one attached hydrogen (secondary N) is 2. The highest BCUT2D eigenvalue weighted by atomic mass is 32.1. The van der Waals surface area contributed by atoms with Crippen molar-refractivity contribution >= 4 is 29.1 Å². The Morgan fingerprint density at radius 1 is 1.62 bits per heavy atom. The van der Waals surface area contributed by atoms with Crippen molar-refractivity contribution in [3.63, 3.8) is 0 Å². The number of hydrogen-bond donors (Lipinski definition) is 2. The Bertz CT molecular complexity index is 306. The third-order valence-electron chi connectivity index (χ3n) is 2.49. The number of hydrogen-bond acceptors (Lipinski definition) is 3. The van der Waals surface area contributed by atoms with E-state index in [1.165, 1.54) is 0 Å². The fraction of sp³-hybridized carbons (Fsp3) is 0.700. The zero-order valence-corrected chi connectivity index (χ0v) is 10.4. The van der Waals surface area contributed by atoms with Gasteiger partial charge in [0, 0.05) is 6.54 Å². The minimum atomic E-state index is -0.390. The van der Waals surface area contributed by atoms with Crippen LogP contribution in [-0.2, 0) is 9.59 Å². The fourth-order valence-corrected chi connectivity index (χ4v) is 1.76. The number of carbonyl (C=O) groups is 2. The molecule has 90 valence electrons. The highest BCUT2D eigenvalue weighted by Crippen LogP contribution is 2.05. The third kappa shape index (κ3) is 3.16. The number of carbonyl (C=O) groups excluding carboxylic acids is 2. The summed E-state index contributed by atoms with van der Waals surface area (Å²) < 4.78 is 0. The molecule has 0 aromatic rings. The summed E-state index contributed by atoms with van der Waals surface area (Å²) in [5.74, 6) is -0.598. The Morgan fingerprint density at radius 2 is 2.31 bits per heavy atom. The molecule has 0 bridgehead atoms. The van der Waals surface area contributed by atoms with Gasteiger partial charge < -0.3 is 10.2 Å². The van der Waals surface area contributed by atoms with Crippen molar-refractivity contribution in [1.29, 1.82) is 0 Å². The quantitative estimate of drug-likeness (QED) is 0.415. The minimum absolute atomic E-state index is 0.144. The highest BCUT2D eigenvalue weighted by Gasteiger charge is 2.31. The van der Waals surface area contributed by atoms with E-state index in [-0.39, 0.29) is 24.4 Å². The Hall–Kier alpha value is -1.17. The summed E-state index contributed by atoms with van der Waals surface area (Å²) in [4.78, 5) is 24.2. The number of nitrogens with zero attached hydrogens (tertiary/aromatic N) is 1. The average molecular weight is 243 g/mol. The SMILES string of the molecule is CCCCNC(=S)N1CC(=O)NC(=O)C1C. The van der Waals surface area contributed by atoms with E-state index in [1.54, 1.807) is 11.8 Å². The molecule has 1 heterocycles. The van der Waals surface area contributed by atoms with Gasteiger partial charge in [-0.05, 0) is 25.6 Å². The van der Waals surface area contributed by atoms with Gasteiger partial charge in [-0.1, -0.05) is 13.3 Å². The van der Waals surface area contributed by atoms with Crippen LogP contribution in [-0.4, -0.2) is 41.0 Å². The molecule has 1 atom stereocenters. The molecule has 6 heteroatoms. The van der Waals surface area contributed by atoms with E-state index in [2.05, 4.69) is 17.6 Å². The molecule has 1 aliphatic heterocycles. The summed E-state index contributed by atoms with van der Waals surface area (Å²) in [6.45, 7) is 4.74. The molecule has 5 nitrogen and oxygen atoms in total. The normalized spacial score (nSPS) is 20.6. The zero-order chi connectivity index (χ0) is 12.1. The van der Waals surface area contributed by atoms with Crippen molar-refractivity contribution in [1.82, 2.24) is 15.5 Å². The Labute approximate surface area is 101 Å². The number of amides is 2. The largest absolute Gasteiger partial charge is 0.363 e. The summed E-state index contributed by atoms with van der Waals surface area (Å²) in [5.41, 5.74) is 0. The second-order valence-electron chi connectivity index (χ2n) is 3.80. The standard InChI is InChI=1S/C10H17N3O2S/c1-3-4-5-11-10(16)13-6-8(14)12-9(15)7(13)2/h7H,3-6H2,1-2H3,(H,11,16)(H,12,14,15). The predicted octanol–water partition coefficient (Wildman–Crippen LogP) is 0.00790. The Kier molecular flexibility index (Phi) is 4.67. The monoisotopic (exact) mass is 243 g/mol. The molecule has 16 heavy (non-hydrogen) atoms. The maximum absolute atomic E-state index is 11.4. The molecular formula is C10H17N3O2S. The van der Waals surface area contributed by atoms with Gasteiger partial charge in [0.25, 0.3) is 0 Å². The van der Waals surface area contributed by atoms with Crippen LogP contribution in [0.5, 0.6) is 0 Å². The van der Waals surface area contributed by atoms with Gasteiger partial charge in [-0.3, -0.25) is 14.9 Å². The zero-order valence-electron chi connectivity index (χ0n) is 9.58. The topological polar surface area (TPSA) is 61.4 Å². The second-order valence-corrected chi connectivity index (χ2v) is 4.19. The molecule has 0 aromatic heterocycles. The van der Waals surface area contributed by atoms with Crippen molar-refractivity contribution < 1.29 is 9.59 Å². The van der Waals surface area contributed by atoms with E-state index in [0.29, 0.717) is 5.11 Å². The van der Waals surface area contributed by atoms with Crippen molar-refractivity contribution in [3.05, 3.63) is 0 Å². The second kappa shape index (κ2) is 5.79. The molecule has 1 unspecified atom stereocenters. The number of unbranched alkanes of at least 4 members (excludes halogenated alkanes) is 1. The van der Waals surface area contributed by atoms with Gasteiger partial charge in [0.15, 0.2) is 5.11 Å². The molecule has 0 aliphatic carbocycles. The first-order valence-corrected chi connectivity index (χ1v) is 5.85. The van der Waals surface area contributed by atoms with Crippen LogP contribution >= 0.6 is 12.2 Å². The lowest BCUT2D eigenvalue weighted by Crippen LogP contribution is -2.60. The van der Waals surface area contributed by atoms with Crippen LogP contribution in [0.25, 0.3) is 0 Å². The fourth-order valence-electron chi connectivity index (χ4n) is 1.44. The molecule has 1 saturated heterocycles. The van der Waals surface area contributed by atoms with Gasteiger partial charge >= 0.3 is 0 Å². The van der Waals surface area contributed by atoms with Crippen molar-refractivity contribution in [2.75, 3.05) is 13.1 Å². The number of thiocarbonyl (C=S) groups is 1. The molecule has 1 fully saturated rings. The van der Waals surface area contributed by atoms with Crippen LogP contribution in [0.2, 0.25) is 0 Å². The molecule has 1 aliphatic rings. The van der Waals surface area contributed by atoms with Crippen LogP contribution in [0.15, 0.2) is 0 Å². The van der Waals surface area contributed by atoms with Gasteiger partial charge in [0.1, 0.15) is 12.6 Å². The predicted molar refractivity (Wildman–Crippen MR) is 64.8 cm³/mol. The molecular weight excluding hydrogens is 226 g/mol. The smallest absolute Gasteiger partial charge is 0.249 e. The highest BCUT2D eigenvalue weighted by molar-refractivity contribution is 7.80. The van der Waals surface area contributed by atoms with Crippen LogP contribution < -0.4 is 10.6 Å². The summed E-state index contributed by atoms with van der Waals surface area (Å²) in [5, 5.41) is 5.80. The Balaban J connectivity index is 2.53. The molecule has 0 spiro atoms. The van der Waals surface area contributed by atoms with Crippen molar-refractivity contribution in [2.45, 2.75) is 32.7 Å². The van der Waals surface area contributed by atoms with E-state index in [1.807, 2.05) is 0 Å². The molecule has 2 N–H and O–H groups in total. The minimum Gasteiger partial charge on any atom is -0.363 e. The van der Waals surface area contributed by atoms with E-state index in [0.717, 1.165) is 19.4 Å². The van der Waals surface area contributed by atoms with Crippen molar-refractivity contribution in [3.8, 4) is 0 Å². The lowest BCUT2D eigenvalue weighted by molar-refractivity contribution is -0.137. The van der Waals surface area contributed by atoms with Gasteiger partial charge in [-0.15, -0.1) is 0 Å². The number of imide groups is 1. The summed E-state index contributed by atoms with van der Waals surface area (Å²) in [7, 11) is 0. The lowest BCUT2D eigenvalue weighted by Gasteiger charge is -2.33. The molecule has 0 aromatic carbocycles. The number of piperazine rings is 1. The molecule has 2 amide bonds. The molecule has 0 radical (unpaired) electrons. The average Bonchev–Trinajstić information content (AvgIpc) is 2.23.